The van der Waals surface area contributed by atoms with Crippen LogP contribution in [0.3, 0.4) is 0 Å². The molecule has 8 rings (SSSR count). The van der Waals surface area contributed by atoms with Gasteiger partial charge in [-0.15, -0.1) is 0 Å². The zero-order valence-electron chi connectivity index (χ0n) is 42.0. The summed E-state index contributed by atoms with van der Waals surface area (Å²) >= 11 is 0. The van der Waals surface area contributed by atoms with Gasteiger partial charge in [-0.05, 0) is 128 Å². The zero-order chi connectivity index (χ0) is 49.7. The molecule has 3 aromatic carbocycles. The smallest absolute Gasteiger partial charge is 0.324 e. The molecule has 5 atom stereocenters. The Morgan fingerprint density at radius 1 is 1.03 bits per heavy atom. The minimum absolute atomic E-state index is 0.124. The van der Waals surface area contributed by atoms with Crippen molar-refractivity contribution < 1.29 is 28.7 Å². The van der Waals surface area contributed by atoms with Crippen LogP contribution in [0.2, 0.25) is 0 Å². The van der Waals surface area contributed by atoms with E-state index < -0.39 is 35.4 Å². The van der Waals surface area contributed by atoms with E-state index in [1.165, 1.54) is 16.1 Å². The molecule has 0 radical (unpaired) electrons. The van der Waals surface area contributed by atoms with Crippen LogP contribution in [0, 0.1) is 17.3 Å². The molecule has 1 aliphatic carbocycles. The van der Waals surface area contributed by atoms with Crippen LogP contribution >= 0.6 is 0 Å². The molecule has 14 nitrogen and oxygen atoms in total. The molecule has 0 unspecified atom stereocenters. The highest BCUT2D eigenvalue weighted by Gasteiger charge is 2.40. The number of aryl methyl sites for hydroxylation is 2. The zero-order valence-corrected chi connectivity index (χ0v) is 42.0. The summed E-state index contributed by atoms with van der Waals surface area (Å²) in [7, 11) is 3.28. The lowest BCUT2D eigenvalue weighted by molar-refractivity contribution is -0.155. The number of rotatable bonds is 11. The van der Waals surface area contributed by atoms with Crippen molar-refractivity contribution in [2.45, 2.75) is 124 Å². The average molecular weight is 949 g/mol. The maximum absolute atomic E-state index is 14.8. The number of aromatic nitrogens is 2. The molecule has 3 amide bonds. The van der Waals surface area contributed by atoms with Gasteiger partial charge in [0.05, 0.1) is 37.1 Å². The molecule has 0 spiro atoms. The van der Waals surface area contributed by atoms with Crippen LogP contribution in [0.5, 0.6) is 5.75 Å². The third kappa shape index (κ3) is 10.9. The molecule has 368 valence electrons. The highest BCUT2D eigenvalue weighted by molar-refractivity contribution is 5.96. The first kappa shape index (κ1) is 49.8. The Balaban J connectivity index is 1.10. The van der Waals surface area contributed by atoms with Gasteiger partial charge in [0.2, 0.25) is 11.8 Å². The Hall–Kier alpha value is -6.63. The molecular formula is C56H68N8O6. The second-order valence-electron chi connectivity index (χ2n) is 20.3. The predicted molar refractivity (Wildman–Crippen MR) is 273 cm³/mol. The topological polar surface area (TPSA) is 160 Å². The van der Waals surface area contributed by atoms with E-state index in [2.05, 4.69) is 100 Å². The van der Waals surface area contributed by atoms with Gasteiger partial charge in [0, 0.05) is 66.8 Å². The number of esters is 1. The maximum Gasteiger partial charge on any atom is 0.324 e. The molecule has 2 fully saturated rings. The van der Waals surface area contributed by atoms with E-state index in [4.69, 9.17) is 9.47 Å². The van der Waals surface area contributed by atoms with E-state index in [9.17, 15) is 19.2 Å². The number of nitrogens with one attached hydrogen (secondary N) is 2. The number of amides is 3. The van der Waals surface area contributed by atoms with Crippen molar-refractivity contribution in [3.63, 3.8) is 0 Å². The van der Waals surface area contributed by atoms with Crippen LogP contribution in [0.25, 0.3) is 33.3 Å². The molecular weight excluding hydrogens is 881 g/mol. The van der Waals surface area contributed by atoms with Gasteiger partial charge in [-0.25, -0.2) is 10.4 Å². The number of carbonyl (C=O) groups is 4. The number of fused-ring (bicyclic) bond motifs is 6. The van der Waals surface area contributed by atoms with Crippen LogP contribution in [0.15, 0.2) is 95.2 Å². The minimum Gasteiger partial charge on any atom is -0.497 e. The average Bonchev–Trinajstić information content (AvgIpc) is 3.96. The molecule has 2 N–H and O–H groups in total. The second kappa shape index (κ2) is 21.6. The van der Waals surface area contributed by atoms with Crippen molar-refractivity contribution in [3.8, 4) is 28.1 Å². The molecule has 1 saturated heterocycles. The van der Waals surface area contributed by atoms with E-state index in [0.29, 0.717) is 50.8 Å². The first-order valence-corrected chi connectivity index (χ1v) is 25.0. The summed E-state index contributed by atoms with van der Waals surface area (Å²) in [6.45, 7) is 13.7. The van der Waals surface area contributed by atoms with Crippen molar-refractivity contribution >= 4 is 46.3 Å². The number of aliphatic imine (C=N–C) groups is 2. The van der Waals surface area contributed by atoms with Gasteiger partial charge in [-0.3, -0.25) is 29.2 Å². The Morgan fingerprint density at radius 2 is 1.81 bits per heavy atom. The summed E-state index contributed by atoms with van der Waals surface area (Å²) < 4.78 is 13.7. The number of nitrogens with zero attached hydrogens (tertiary/aromatic N) is 6. The number of ether oxygens (including phenoxy) is 2. The summed E-state index contributed by atoms with van der Waals surface area (Å²) in [5.41, 5.74) is 12.0. The van der Waals surface area contributed by atoms with Crippen LogP contribution in [-0.4, -0.2) is 101 Å². The fourth-order valence-electron chi connectivity index (χ4n) is 10.6. The van der Waals surface area contributed by atoms with Gasteiger partial charge >= 0.3 is 5.97 Å². The van der Waals surface area contributed by atoms with Crippen LogP contribution in [-0.2, 0) is 49.7 Å². The van der Waals surface area contributed by atoms with Crippen molar-refractivity contribution in [3.05, 3.63) is 102 Å². The molecule has 4 heterocycles. The highest BCUT2D eigenvalue weighted by atomic mass is 16.5. The van der Waals surface area contributed by atoms with Gasteiger partial charge in [0.1, 0.15) is 23.9 Å². The van der Waals surface area contributed by atoms with Crippen LogP contribution in [0.1, 0.15) is 90.3 Å². The number of cyclic esters (lactones) is 1. The second-order valence-corrected chi connectivity index (χ2v) is 20.3. The predicted octanol–water partition coefficient (Wildman–Crippen LogP) is 8.77. The number of carbonyl (C=O) groups excluding carboxylic acids is 4. The van der Waals surface area contributed by atoms with Crippen LogP contribution in [0.4, 0.5) is 5.69 Å². The van der Waals surface area contributed by atoms with E-state index in [-0.39, 0.29) is 42.7 Å². The summed E-state index contributed by atoms with van der Waals surface area (Å²) in [6.07, 6.45) is 8.38. The summed E-state index contributed by atoms with van der Waals surface area (Å²) in [5, 5.41) is 5.70. The monoisotopic (exact) mass is 949 g/mol. The number of hydrazine groups is 1. The maximum atomic E-state index is 14.8. The molecule has 70 heavy (non-hydrogen) atoms. The number of benzene rings is 3. The molecule has 2 aromatic heterocycles. The minimum atomic E-state index is -1.02. The fourth-order valence-corrected chi connectivity index (χ4v) is 10.6. The van der Waals surface area contributed by atoms with Crippen molar-refractivity contribution in [1.82, 2.24) is 30.2 Å². The molecule has 5 aromatic rings. The molecule has 1 saturated carbocycles. The largest absolute Gasteiger partial charge is 0.497 e. The standard InChI is InChI=1S/C56H68N8O6/c1-9-37-24-25-57-32-46(37)51-45-31-56(5,6)33-70-55(68)47-15-12-26-64(61-47)54(67)48(28-36-13-11-14-38(27-36)39-17-23-49(44(45)30-39)63(51)10-2)60-52(65)50(35(3)4)62(7)53(66)40-16-18-42(29-40)59-34-58-41-19-21-43(69-8)22-20-41/h11,13-14,17,19-25,27,30,32,35,40,42,47-48,50,61H,9-10,12,15-16,18,26,28-29,31,33H2,1-8H3,(H,60,65)/t40-,42-,47-,48-,50-/m0/s1. The number of methoxy groups -OCH3 is 1. The molecule has 3 aliphatic rings. The Kier molecular flexibility index (Phi) is 15.3. The van der Waals surface area contributed by atoms with Crippen molar-refractivity contribution in [2.24, 2.45) is 27.2 Å². The third-order valence-electron chi connectivity index (χ3n) is 14.3. The quantitative estimate of drug-likeness (QED) is 0.0983. The summed E-state index contributed by atoms with van der Waals surface area (Å²) in [5.74, 6) is -1.24. The first-order chi connectivity index (χ1) is 33.7. The van der Waals surface area contributed by atoms with E-state index in [1.54, 1.807) is 19.1 Å². The number of hydrogen-bond acceptors (Lipinski definition) is 10. The normalized spacial score (nSPS) is 20.8. The SMILES string of the molecule is CCc1ccncc1-c1c2c3cc(ccc3n1CC)-c1cccc(c1)C[C@H](NC(=O)[C@H](C(C)C)N(C)C(=O)[C@H]1CC[C@H](N=C=Nc3ccc(OC)cc3)C1)C(=O)N1CCC[C@H](N1)C(=O)OCC(C)(C)C2. The van der Waals surface area contributed by atoms with Crippen molar-refractivity contribution in [1.29, 1.82) is 0 Å². The Bertz CT molecular complexity index is 2790. The Morgan fingerprint density at radius 3 is 2.56 bits per heavy atom. The van der Waals surface area contributed by atoms with Gasteiger partial charge in [-0.2, -0.15) is 4.99 Å². The summed E-state index contributed by atoms with van der Waals surface area (Å²) in [6, 6.07) is 24.2. The molecule has 14 heteroatoms. The molecule has 2 aliphatic heterocycles. The molecule has 6 bridgehead atoms. The summed E-state index contributed by atoms with van der Waals surface area (Å²) in [4.78, 5) is 72.6. The lowest BCUT2D eigenvalue weighted by Crippen LogP contribution is -2.62. The van der Waals surface area contributed by atoms with Gasteiger partial charge < -0.3 is 24.3 Å². The van der Waals surface area contributed by atoms with Gasteiger partial charge in [-0.1, -0.05) is 65.0 Å². The first-order valence-electron chi connectivity index (χ1n) is 25.0. The lowest BCUT2D eigenvalue weighted by Gasteiger charge is -2.37. The number of pyridine rings is 1. The van der Waals surface area contributed by atoms with Gasteiger partial charge in [0.25, 0.3) is 5.91 Å². The number of hydrogen-bond donors (Lipinski definition) is 2. The van der Waals surface area contributed by atoms with E-state index >= 15 is 0 Å². The number of likely N-dealkylation sites (N-methyl/N-ethyl adjacent to an activating group) is 1. The third-order valence-corrected chi connectivity index (χ3v) is 14.3. The van der Waals surface area contributed by atoms with Crippen molar-refractivity contribution in [2.75, 3.05) is 27.3 Å². The lowest BCUT2D eigenvalue weighted by atomic mass is 9.84. The van der Waals surface area contributed by atoms with Gasteiger partial charge in [0.15, 0.2) is 0 Å². The Labute approximate surface area is 411 Å². The van der Waals surface area contributed by atoms with E-state index in [1.807, 2.05) is 62.6 Å². The highest BCUT2D eigenvalue weighted by Crippen LogP contribution is 2.41. The van der Waals surface area contributed by atoms with Crippen LogP contribution < -0.4 is 15.5 Å². The fraction of sp³-hybridized carbons (Fsp3) is 0.464. The van der Waals surface area contributed by atoms with E-state index in [0.717, 1.165) is 57.6 Å².